The first-order valence-corrected chi connectivity index (χ1v) is 6.79. The van der Waals surface area contributed by atoms with Crippen LogP contribution >= 0.6 is 0 Å². The number of ether oxygens (including phenoxy) is 1. The van der Waals surface area contributed by atoms with Crippen molar-refractivity contribution < 1.29 is 4.74 Å². The number of rotatable bonds is 3. The van der Waals surface area contributed by atoms with Crippen LogP contribution < -0.4 is 5.56 Å². The molecular weight excluding hydrogens is 240 g/mol. The second-order valence-electron chi connectivity index (χ2n) is 5.16. The van der Waals surface area contributed by atoms with Crippen molar-refractivity contribution in [1.82, 2.24) is 9.55 Å². The van der Waals surface area contributed by atoms with Gasteiger partial charge in [-0.1, -0.05) is 12.1 Å². The van der Waals surface area contributed by atoms with Crippen LogP contribution in [0.1, 0.15) is 18.5 Å². The summed E-state index contributed by atoms with van der Waals surface area (Å²) in [5.74, 6) is 0.583. The molecule has 19 heavy (non-hydrogen) atoms. The minimum atomic E-state index is 0.0256. The summed E-state index contributed by atoms with van der Waals surface area (Å²) >= 11 is 0. The second-order valence-corrected chi connectivity index (χ2v) is 5.16. The zero-order chi connectivity index (χ0) is 13.2. The van der Waals surface area contributed by atoms with Gasteiger partial charge in [0.25, 0.3) is 5.56 Å². The molecule has 2 heterocycles. The van der Waals surface area contributed by atoms with Crippen molar-refractivity contribution in [1.29, 1.82) is 0 Å². The van der Waals surface area contributed by atoms with Crippen LogP contribution in [0.5, 0.6) is 0 Å². The first-order chi connectivity index (χ1) is 9.25. The summed E-state index contributed by atoms with van der Waals surface area (Å²) < 4.78 is 7.24. The van der Waals surface area contributed by atoms with Crippen molar-refractivity contribution >= 4 is 11.0 Å². The average Bonchev–Trinajstić information content (AvgIpc) is 2.92. The first-order valence-electron chi connectivity index (χ1n) is 6.79. The number of aromatic nitrogens is 2. The van der Waals surface area contributed by atoms with Gasteiger partial charge < -0.3 is 9.30 Å². The fourth-order valence-electron chi connectivity index (χ4n) is 2.66. The van der Waals surface area contributed by atoms with Gasteiger partial charge in [0.05, 0.1) is 11.0 Å². The average molecular weight is 258 g/mol. The molecule has 0 spiro atoms. The molecule has 0 radical (unpaired) electrons. The Kier molecular flexibility index (Phi) is 3.34. The molecule has 0 aliphatic carbocycles. The van der Waals surface area contributed by atoms with Gasteiger partial charge in [-0.25, -0.2) is 4.98 Å². The summed E-state index contributed by atoms with van der Waals surface area (Å²) in [5, 5.41) is 0. The van der Waals surface area contributed by atoms with E-state index >= 15 is 0 Å². The molecule has 4 nitrogen and oxygen atoms in total. The predicted molar refractivity (Wildman–Crippen MR) is 74.3 cm³/mol. The van der Waals surface area contributed by atoms with E-state index in [-0.39, 0.29) is 5.56 Å². The maximum Gasteiger partial charge on any atom is 0.272 e. The minimum absolute atomic E-state index is 0.0256. The van der Waals surface area contributed by atoms with Crippen molar-refractivity contribution in [3.05, 3.63) is 40.3 Å². The van der Waals surface area contributed by atoms with Gasteiger partial charge in [0.15, 0.2) is 0 Å². The third-order valence-corrected chi connectivity index (χ3v) is 3.80. The summed E-state index contributed by atoms with van der Waals surface area (Å²) in [6.45, 7) is 4.22. The highest BCUT2D eigenvalue weighted by molar-refractivity contribution is 5.74. The van der Waals surface area contributed by atoms with Gasteiger partial charge in [0.1, 0.15) is 5.69 Å². The molecule has 0 amide bonds. The SMILES string of the molecule is Cc1nc2ccccc2n(CC[C@H]2CCOC2)c1=O. The van der Waals surface area contributed by atoms with Gasteiger partial charge in [-0.05, 0) is 37.8 Å². The lowest BCUT2D eigenvalue weighted by atomic mass is 10.1. The Morgan fingerprint density at radius 1 is 1.42 bits per heavy atom. The lowest BCUT2D eigenvalue weighted by molar-refractivity contribution is 0.183. The standard InChI is InChI=1S/C15H18N2O2/c1-11-15(18)17(8-6-12-7-9-19-10-12)14-5-3-2-4-13(14)16-11/h2-5,12H,6-10H2,1H3/t12-/m0/s1. The molecule has 1 aliphatic rings. The van der Waals surface area contributed by atoms with E-state index in [1.807, 2.05) is 28.8 Å². The van der Waals surface area contributed by atoms with Crippen molar-refractivity contribution in [3.8, 4) is 0 Å². The molecule has 2 aromatic rings. The maximum absolute atomic E-state index is 12.3. The molecule has 3 rings (SSSR count). The lowest BCUT2D eigenvalue weighted by Gasteiger charge is -2.13. The Balaban J connectivity index is 1.96. The largest absolute Gasteiger partial charge is 0.381 e. The van der Waals surface area contributed by atoms with Gasteiger partial charge in [-0.15, -0.1) is 0 Å². The predicted octanol–water partition coefficient (Wildman–Crippen LogP) is 2.13. The van der Waals surface area contributed by atoms with E-state index in [1.165, 1.54) is 0 Å². The smallest absolute Gasteiger partial charge is 0.272 e. The van der Waals surface area contributed by atoms with E-state index in [1.54, 1.807) is 6.92 Å². The van der Waals surface area contributed by atoms with Gasteiger partial charge in [0, 0.05) is 19.8 Å². The quantitative estimate of drug-likeness (QED) is 0.847. The Hall–Kier alpha value is -1.68. The van der Waals surface area contributed by atoms with E-state index in [0.717, 1.165) is 43.6 Å². The zero-order valence-electron chi connectivity index (χ0n) is 11.1. The lowest BCUT2D eigenvalue weighted by Crippen LogP contribution is -2.25. The Morgan fingerprint density at radius 2 is 2.26 bits per heavy atom. The number of benzene rings is 1. The molecule has 1 aromatic heterocycles. The van der Waals surface area contributed by atoms with Crippen LogP contribution in [0.25, 0.3) is 11.0 Å². The Labute approximate surface area is 112 Å². The summed E-state index contributed by atoms with van der Waals surface area (Å²) in [6.07, 6.45) is 2.10. The van der Waals surface area contributed by atoms with E-state index < -0.39 is 0 Å². The van der Waals surface area contributed by atoms with Crippen LogP contribution in [-0.2, 0) is 11.3 Å². The van der Waals surface area contributed by atoms with Crippen molar-refractivity contribution in [2.24, 2.45) is 5.92 Å². The first kappa shape index (κ1) is 12.4. The fourth-order valence-corrected chi connectivity index (χ4v) is 2.66. The molecule has 0 bridgehead atoms. The highest BCUT2D eigenvalue weighted by Crippen LogP contribution is 2.18. The van der Waals surface area contributed by atoms with Gasteiger partial charge >= 0.3 is 0 Å². The van der Waals surface area contributed by atoms with E-state index in [2.05, 4.69) is 4.98 Å². The van der Waals surface area contributed by atoms with E-state index in [9.17, 15) is 4.79 Å². The minimum Gasteiger partial charge on any atom is -0.381 e. The number of para-hydroxylation sites is 2. The van der Waals surface area contributed by atoms with Gasteiger partial charge in [-0.3, -0.25) is 4.79 Å². The number of aryl methyl sites for hydroxylation is 2. The molecule has 1 aromatic carbocycles. The van der Waals surface area contributed by atoms with Crippen molar-refractivity contribution in [3.63, 3.8) is 0 Å². The normalized spacial score (nSPS) is 19.1. The van der Waals surface area contributed by atoms with Crippen LogP contribution in [0.2, 0.25) is 0 Å². The topological polar surface area (TPSA) is 44.1 Å². The summed E-state index contributed by atoms with van der Waals surface area (Å²) in [5.41, 5.74) is 2.42. The molecule has 1 atom stereocenters. The number of hydrogen-bond acceptors (Lipinski definition) is 3. The number of hydrogen-bond donors (Lipinski definition) is 0. The zero-order valence-corrected chi connectivity index (χ0v) is 11.1. The highest BCUT2D eigenvalue weighted by atomic mass is 16.5. The molecule has 0 N–H and O–H groups in total. The highest BCUT2D eigenvalue weighted by Gasteiger charge is 2.16. The van der Waals surface area contributed by atoms with Gasteiger partial charge in [-0.2, -0.15) is 0 Å². The van der Waals surface area contributed by atoms with E-state index in [4.69, 9.17) is 4.74 Å². The third-order valence-electron chi connectivity index (χ3n) is 3.80. The number of nitrogens with zero attached hydrogens (tertiary/aromatic N) is 2. The molecule has 100 valence electrons. The summed E-state index contributed by atoms with van der Waals surface area (Å²) in [6, 6.07) is 7.83. The molecule has 0 saturated carbocycles. The van der Waals surface area contributed by atoms with Gasteiger partial charge in [0.2, 0.25) is 0 Å². The van der Waals surface area contributed by atoms with Crippen LogP contribution in [0.15, 0.2) is 29.1 Å². The monoisotopic (exact) mass is 258 g/mol. The molecule has 1 fully saturated rings. The van der Waals surface area contributed by atoms with Crippen LogP contribution in [-0.4, -0.2) is 22.8 Å². The Bertz CT molecular complexity index is 642. The molecule has 1 saturated heterocycles. The third kappa shape index (κ3) is 2.40. The molecular formula is C15H18N2O2. The second kappa shape index (κ2) is 5.13. The van der Waals surface area contributed by atoms with E-state index in [0.29, 0.717) is 11.6 Å². The molecule has 1 aliphatic heterocycles. The van der Waals surface area contributed by atoms with Crippen LogP contribution in [0.4, 0.5) is 0 Å². The maximum atomic E-state index is 12.3. The molecule has 4 heteroatoms. The van der Waals surface area contributed by atoms with Crippen LogP contribution in [0, 0.1) is 12.8 Å². The van der Waals surface area contributed by atoms with Crippen LogP contribution in [0.3, 0.4) is 0 Å². The fraction of sp³-hybridized carbons (Fsp3) is 0.467. The number of fused-ring (bicyclic) bond motifs is 1. The molecule has 0 unspecified atom stereocenters. The Morgan fingerprint density at radius 3 is 3.05 bits per heavy atom. The van der Waals surface area contributed by atoms with Crippen molar-refractivity contribution in [2.45, 2.75) is 26.3 Å². The van der Waals surface area contributed by atoms with Crippen molar-refractivity contribution in [2.75, 3.05) is 13.2 Å². The summed E-state index contributed by atoms with van der Waals surface area (Å²) in [7, 11) is 0. The summed E-state index contributed by atoms with van der Waals surface area (Å²) in [4.78, 5) is 16.6.